The third-order valence-corrected chi connectivity index (χ3v) is 9.32. The third-order valence-electron chi connectivity index (χ3n) is 4.81. The minimum Gasteiger partial charge on any atom is -0.411 e. The molecule has 23 heavy (non-hydrogen) atoms. The van der Waals surface area contributed by atoms with Crippen molar-refractivity contribution in [3.8, 4) is 0 Å². The Kier molecular flexibility index (Phi) is 11.3. The molecular weight excluding hydrogens is 304 g/mol. The zero-order valence-corrected chi connectivity index (χ0v) is 17.6. The lowest BCUT2D eigenvalue weighted by molar-refractivity contribution is -0.112. The van der Waals surface area contributed by atoms with Crippen molar-refractivity contribution in [2.75, 3.05) is 13.9 Å². The van der Waals surface area contributed by atoms with Gasteiger partial charge in [0, 0.05) is 7.11 Å². The van der Waals surface area contributed by atoms with Crippen LogP contribution in [0, 0.1) is 0 Å². The number of hydrogen-bond acceptors (Lipinski definition) is 3. The zero-order valence-electron chi connectivity index (χ0n) is 16.6. The van der Waals surface area contributed by atoms with Gasteiger partial charge in [0.1, 0.15) is 6.79 Å². The Morgan fingerprint density at radius 3 is 2.22 bits per heavy atom. The molecule has 2 atom stereocenters. The minimum atomic E-state index is -1.82. The lowest BCUT2D eigenvalue weighted by Crippen LogP contribution is -2.47. The van der Waals surface area contributed by atoms with Gasteiger partial charge < -0.3 is 13.9 Å². The van der Waals surface area contributed by atoms with E-state index in [1.807, 2.05) is 6.08 Å². The molecule has 0 fully saturated rings. The fraction of sp³-hybridized carbons (Fsp3) is 0.895. The first-order chi connectivity index (χ1) is 10.7. The van der Waals surface area contributed by atoms with Crippen molar-refractivity contribution >= 4 is 8.32 Å². The van der Waals surface area contributed by atoms with E-state index in [0.717, 1.165) is 19.3 Å². The van der Waals surface area contributed by atoms with Crippen LogP contribution in [-0.4, -0.2) is 34.4 Å². The predicted molar refractivity (Wildman–Crippen MR) is 102 cm³/mol. The molecule has 0 aromatic rings. The molecular formula is C19H40O3Si. The van der Waals surface area contributed by atoms with Crippen LogP contribution in [0.1, 0.15) is 66.2 Å². The maximum Gasteiger partial charge on any atom is 0.192 e. The summed E-state index contributed by atoms with van der Waals surface area (Å²) < 4.78 is 17.8. The highest BCUT2D eigenvalue weighted by molar-refractivity contribution is 6.74. The van der Waals surface area contributed by atoms with E-state index in [0.29, 0.717) is 6.79 Å². The molecule has 0 aliphatic heterocycles. The molecule has 0 aromatic heterocycles. The quantitative estimate of drug-likeness (QED) is 0.180. The Hall–Kier alpha value is -0.163. The van der Waals surface area contributed by atoms with Crippen molar-refractivity contribution < 1.29 is 13.9 Å². The SMILES string of the molecule is C=CCC[C@H](OCOC)[C@@H](CCCCC)O[Si](C)(C)C(C)(C)C. The largest absolute Gasteiger partial charge is 0.411 e. The first-order valence-corrected chi connectivity index (χ1v) is 12.0. The predicted octanol–water partition coefficient (Wildman–Crippen LogP) is 5.91. The fourth-order valence-electron chi connectivity index (χ4n) is 2.29. The summed E-state index contributed by atoms with van der Waals surface area (Å²) in [6, 6.07) is 0. The van der Waals surface area contributed by atoms with Crippen molar-refractivity contribution in [2.24, 2.45) is 0 Å². The van der Waals surface area contributed by atoms with E-state index in [4.69, 9.17) is 13.9 Å². The monoisotopic (exact) mass is 344 g/mol. The van der Waals surface area contributed by atoms with Crippen LogP contribution >= 0.6 is 0 Å². The lowest BCUT2D eigenvalue weighted by atomic mass is 10.0. The van der Waals surface area contributed by atoms with Gasteiger partial charge in [-0.15, -0.1) is 6.58 Å². The summed E-state index contributed by atoms with van der Waals surface area (Å²) in [6.07, 6.45) is 8.80. The van der Waals surface area contributed by atoms with Crippen LogP contribution in [0.4, 0.5) is 0 Å². The van der Waals surface area contributed by atoms with Gasteiger partial charge in [0.05, 0.1) is 12.2 Å². The molecule has 0 heterocycles. The number of unbranched alkanes of at least 4 members (excludes halogenated alkanes) is 2. The second-order valence-corrected chi connectivity index (χ2v) is 12.6. The molecule has 0 aliphatic rings. The van der Waals surface area contributed by atoms with E-state index >= 15 is 0 Å². The molecule has 3 nitrogen and oxygen atoms in total. The fourth-order valence-corrected chi connectivity index (χ4v) is 3.67. The van der Waals surface area contributed by atoms with E-state index < -0.39 is 8.32 Å². The van der Waals surface area contributed by atoms with E-state index in [9.17, 15) is 0 Å². The zero-order chi connectivity index (χ0) is 17.9. The molecule has 0 aromatic carbocycles. The second-order valence-electron chi connectivity index (χ2n) is 7.89. The smallest absolute Gasteiger partial charge is 0.192 e. The van der Waals surface area contributed by atoms with E-state index in [1.165, 1.54) is 19.3 Å². The van der Waals surface area contributed by atoms with Crippen LogP contribution in [0.3, 0.4) is 0 Å². The Bertz CT molecular complexity index is 310. The van der Waals surface area contributed by atoms with Gasteiger partial charge in [-0.3, -0.25) is 0 Å². The van der Waals surface area contributed by atoms with Crippen molar-refractivity contribution in [2.45, 2.75) is 96.6 Å². The number of methoxy groups -OCH3 is 1. The summed E-state index contributed by atoms with van der Waals surface area (Å²) in [5.74, 6) is 0. The van der Waals surface area contributed by atoms with Gasteiger partial charge in [-0.05, 0) is 37.4 Å². The Morgan fingerprint density at radius 1 is 1.09 bits per heavy atom. The molecule has 0 spiro atoms. The van der Waals surface area contributed by atoms with Crippen LogP contribution in [-0.2, 0) is 13.9 Å². The highest BCUT2D eigenvalue weighted by Crippen LogP contribution is 2.38. The van der Waals surface area contributed by atoms with Gasteiger partial charge in [-0.1, -0.05) is 53.0 Å². The maximum atomic E-state index is 6.73. The molecule has 0 saturated carbocycles. The maximum absolute atomic E-state index is 6.73. The molecule has 0 saturated heterocycles. The molecule has 4 heteroatoms. The summed E-state index contributed by atoms with van der Waals surface area (Å²) in [6.45, 7) is 17.9. The molecule has 0 radical (unpaired) electrons. The molecule has 0 aliphatic carbocycles. The number of ether oxygens (including phenoxy) is 2. The Labute approximate surface area is 145 Å². The molecule has 0 bridgehead atoms. The van der Waals surface area contributed by atoms with Crippen LogP contribution in [0.15, 0.2) is 12.7 Å². The normalized spacial score (nSPS) is 15.4. The Balaban J connectivity index is 5.06. The van der Waals surface area contributed by atoms with Gasteiger partial charge in [0.15, 0.2) is 8.32 Å². The number of hydrogen-bond donors (Lipinski definition) is 0. The molecule has 0 rings (SSSR count). The van der Waals surface area contributed by atoms with Gasteiger partial charge in [0.2, 0.25) is 0 Å². The summed E-state index contributed by atoms with van der Waals surface area (Å²) in [7, 11) is -0.144. The van der Waals surface area contributed by atoms with Crippen molar-refractivity contribution in [3.63, 3.8) is 0 Å². The van der Waals surface area contributed by atoms with E-state index in [1.54, 1.807) is 7.11 Å². The van der Waals surface area contributed by atoms with Crippen LogP contribution in [0.25, 0.3) is 0 Å². The topological polar surface area (TPSA) is 27.7 Å². The highest BCUT2D eigenvalue weighted by atomic mass is 28.4. The molecule has 138 valence electrons. The summed E-state index contributed by atoms with van der Waals surface area (Å²) >= 11 is 0. The summed E-state index contributed by atoms with van der Waals surface area (Å²) in [4.78, 5) is 0. The standard InChI is InChI=1S/C19H40O3Si/c1-9-11-13-15-18(22-23(7,8)19(3,4)5)17(14-12-10-2)21-16-20-6/h10,17-18H,2,9,11-16H2,1,3-8H3/t17-,18+/m0/s1. The summed E-state index contributed by atoms with van der Waals surface area (Å²) in [5, 5.41) is 0.209. The van der Waals surface area contributed by atoms with E-state index in [2.05, 4.69) is 47.4 Å². The van der Waals surface area contributed by atoms with Gasteiger partial charge in [-0.25, -0.2) is 0 Å². The molecule has 0 unspecified atom stereocenters. The van der Waals surface area contributed by atoms with Gasteiger partial charge in [-0.2, -0.15) is 0 Å². The van der Waals surface area contributed by atoms with Crippen LogP contribution in [0.2, 0.25) is 18.1 Å². The Morgan fingerprint density at radius 2 is 1.74 bits per heavy atom. The molecule has 0 N–H and O–H groups in total. The molecule has 0 amide bonds. The first-order valence-electron chi connectivity index (χ1n) is 9.08. The van der Waals surface area contributed by atoms with Gasteiger partial charge in [0.25, 0.3) is 0 Å². The third kappa shape index (κ3) is 9.04. The van der Waals surface area contributed by atoms with Crippen molar-refractivity contribution in [3.05, 3.63) is 12.7 Å². The van der Waals surface area contributed by atoms with Crippen molar-refractivity contribution in [1.82, 2.24) is 0 Å². The lowest BCUT2D eigenvalue weighted by Gasteiger charge is -2.41. The highest BCUT2D eigenvalue weighted by Gasteiger charge is 2.40. The van der Waals surface area contributed by atoms with Crippen LogP contribution in [0.5, 0.6) is 0 Å². The van der Waals surface area contributed by atoms with E-state index in [-0.39, 0.29) is 17.2 Å². The first kappa shape index (κ1) is 22.8. The number of rotatable bonds is 13. The van der Waals surface area contributed by atoms with Crippen LogP contribution < -0.4 is 0 Å². The average molecular weight is 345 g/mol. The second kappa shape index (κ2) is 11.4. The summed E-state index contributed by atoms with van der Waals surface area (Å²) in [5.41, 5.74) is 0. The minimum absolute atomic E-state index is 0.0823. The van der Waals surface area contributed by atoms with Gasteiger partial charge >= 0.3 is 0 Å². The average Bonchev–Trinajstić information content (AvgIpc) is 2.45. The number of allylic oxidation sites excluding steroid dienone is 1. The van der Waals surface area contributed by atoms with Crippen molar-refractivity contribution in [1.29, 1.82) is 0 Å².